The third kappa shape index (κ3) is 3.24. The highest BCUT2D eigenvalue weighted by atomic mass is 79.9. The normalized spacial score (nSPS) is 16.8. The maximum Gasteiger partial charge on any atom is 0.251 e. The molecule has 1 N–H and O–H groups in total. The predicted molar refractivity (Wildman–Crippen MR) is 73.4 cm³/mol. The van der Waals surface area contributed by atoms with Gasteiger partial charge in [0.15, 0.2) is 0 Å². The molecule has 0 bridgehead atoms. The first kappa shape index (κ1) is 13.8. The zero-order valence-electron chi connectivity index (χ0n) is 10.4. The number of rotatable bonds is 3. The van der Waals surface area contributed by atoms with Crippen molar-refractivity contribution in [1.29, 1.82) is 5.26 Å². The Labute approximate surface area is 119 Å². The Morgan fingerprint density at radius 2 is 2.16 bits per heavy atom. The first-order valence-electron chi connectivity index (χ1n) is 6.13. The highest BCUT2D eigenvalue weighted by Gasteiger charge is 2.35. The number of nitrogens with zero attached hydrogens (tertiary/aromatic N) is 2. The zero-order chi connectivity index (χ0) is 13.9. The van der Waals surface area contributed by atoms with E-state index in [2.05, 4.69) is 27.3 Å². The molecule has 5 nitrogen and oxygen atoms in total. The number of nitrogens with one attached hydrogen (secondary N) is 1. The third-order valence-electron chi connectivity index (χ3n) is 3.31. The number of carbonyl (C=O) groups is 1. The van der Waals surface area contributed by atoms with E-state index < -0.39 is 5.54 Å². The van der Waals surface area contributed by atoms with Gasteiger partial charge in [0, 0.05) is 16.7 Å². The van der Waals surface area contributed by atoms with Crippen molar-refractivity contribution in [2.45, 2.75) is 37.8 Å². The minimum Gasteiger partial charge on any atom is -0.336 e. The molecule has 100 valence electrons. The van der Waals surface area contributed by atoms with Crippen LogP contribution in [0.2, 0.25) is 0 Å². The highest BCUT2D eigenvalue weighted by Crippen LogP contribution is 2.28. The second-order valence-corrected chi connectivity index (χ2v) is 5.68. The van der Waals surface area contributed by atoms with Gasteiger partial charge in [-0.15, -0.1) is 0 Å². The number of hydrogen-bond acceptors (Lipinski definition) is 3. The zero-order valence-corrected chi connectivity index (χ0v) is 11.9. The molecule has 1 aromatic rings. The molecule has 1 fully saturated rings. The molecular formula is C13H14BrN3O2. The van der Waals surface area contributed by atoms with Crippen LogP contribution in [-0.2, 0) is 11.3 Å². The molecule has 1 aromatic heterocycles. The van der Waals surface area contributed by atoms with Gasteiger partial charge in [0.2, 0.25) is 5.91 Å². The number of amides is 1. The topological polar surface area (TPSA) is 74.9 Å². The number of pyridine rings is 1. The lowest BCUT2D eigenvalue weighted by Crippen LogP contribution is -2.47. The molecule has 0 unspecified atom stereocenters. The van der Waals surface area contributed by atoms with E-state index in [9.17, 15) is 14.9 Å². The summed E-state index contributed by atoms with van der Waals surface area (Å²) >= 11 is 3.25. The van der Waals surface area contributed by atoms with Crippen LogP contribution in [0.4, 0.5) is 0 Å². The molecule has 1 aliphatic carbocycles. The summed E-state index contributed by atoms with van der Waals surface area (Å²) in [5.41, 5.74) is -0.983. The van der Waals surface area contributed by atoms with Crippen molar-refractivity contribution in [2.75, 3.05) is 0 Å². The number of hydrogen-bond donors (Lipinski definition) is 1. The van der Waals surface area contributed by atoms with Gasteiger partial charge in [-0.05, 0) is 47.7 Å². The van der Waals surface area contributed by atoms with Crippen LogP contribution in [0, 0.1) is 11.3 Å². The van der Waals surface area contributed by atoms with E-state index in [4.69, 9.17) is 0 Å². The third-order valence-corrected chi connectivity index (χ3v) is 3.78. The van der Waals surface area contributed by atoms with Gasteiger partial charge in [0.1, 0.15) is 12.1 Å². The average molecular weight is 324 g/mol. The molecule has 1 amide bonds. The van der Waals surface area contributed by atoms with E-state index in [-0.39, 0.29) is 18.0 Å². The second kappa shape index (κ2) is 5.57. The van der Waals surface area contributed by atoms with Gasteiger partial charge < -0.3 is 9.88 Å². The Kier molecular flexibility index (Phi) is 4.05. The molecule has 0 aliphatic heterocycles. The Balaban J connectivity index is 2.08. The Morgan fingerprint density at radius 1 is 1.47 bits per heavy atom. The van der Waals surface area contributed by atoms with Crippen molar-refractivity contribution in [3.05, 3.63) is 33.2 Å². The summed E-state index contributed by atoms with van der Waals surface area (Å²) in [4.78, 5) is 23.5. The van der Waals surface area contributed by atoms with E-state index in [0.29, 0.717) is 12.8 Å². The van der Waals surface area contributed by atoms with Crippen LogP contribution in [0.25, 0.3) is 0 Å². The number of aromatic nitrogens is 1. The number of nitriles is 1. The van der Waals surface area contributed by atoms with Crippen molar-refractivity contribution in [3.8, 4) is 6.07 Å². The van der Waals surface area contributed by atoms with Gasteiger partial charge in [-0.25, -0.2) is 0 Å². The molecule has 1 saturated carbocycles. The second-order valence-electron chi connectivity index (χ2n) is 4.76. The van der Waals surface area contributed by atoms with Crippen molar-refractivity contribution in [1.82, 2.24) is 9.88 Å². The van der Waals surface area contributed by atoms with Crippen molar-refractivity contribution in [3.63, 3.8) is 0 Å². The van der Waals surface area contributed by atoms with E-state index in [0.717, 1.165) is 17.3 Å². The van der Waals surface area contributed by atoms with Gasteiger partial charge in [-0.1, -0.05) is 0 Å². The molecule has 6 heteroatoms. The molecular weight excluding hydrogens is 310 g/mol. The highest BCUT2D eigenvalue weighted by molar-refractivity contribution is 9.10. The fourth-order valence-electron chi connectivity index (χ4n) is 2.33. The molecule has 0 spiro atoms. The number of halogens is 1. The lowest BCUT2D eigenvalue weighted by molar-refractivity contribution is -0.123. The first-order valence-corrected chi connectivity index (χ1v) is 6.92. The lowest BCUT2D eigenvalue weighted by Gasteiger charge is -2.22. The first-order chi connectivity index (χ1) is 9.04. The Bertz CT molecular complexity index is 582. The monoisotopic (exact) mass is 323 g/mol. The Hall–Kier alpha value is -1.61. The van der Waals surface area contributed by atoms with Crippen LogP contribution >= 0.6 is 15.9 Å². The fraction of sp³-hybridized carbons (Fsp3) is 0.462. The van der Waals surface area contributed by atoms with Crippen LogP contribution < -0.4 is 10.9 Å². The standard InChI is InChI=1S/C13H14BrN3O2/c14-10-3-4-12(19)17(7-10)8-11(18)16-13(9-15)5-1-2-6-13/h3-4,7H,1-2,5-6,8H2,(H,16,18). The van der Waals surface area contributed by atoms with Gasteiger partial charge >= 0.3 is 0 Å². The van der Waals surface area contributed by atoms with Crippen molar-refractivity contribution in [2.24, 2.45) is 0 Å². The van der Waals surface area contributed by atoms with Gasteiger partial charge in [0.25, 0.3) is 5.56 Å². The van der Waals surface area contributed by atoms with Crippen LogP contribution in [0.5, 0.6) is 0 Å². The van der Waals surface area contributed by atoms with Crippen LogP contribution in [0.3, 0.4) is 0 Å². The predicted octanol–water partition coefficient (Wildman–Crippen LogP) is 1.56. The van der Waals surface area contributed by atoms with Gasteiger partial charge in [-0.2, -0.15) is 5.26 Å². The van der Waals surface area contributed by atoms with Crippen molar-refractivity contribution >= 4 is 21.8 Å². The summed E-state index contributed by atoms with van der Waals surface area (Å²) in [6.07, 6.45) is 4.83. The SMILES string of the molecule is N#CC1(NC(=O)Cn2cc(Br)ccc2=O)CCCC1. The summed E-state index contributed by atoms with van der Waals surface area (Å²) < 4.78 is 2.05. The van der Waals surface area contributed by atoms with Gasteiger partial charge in [-0.3, -0.25) is 9.59 Å². The average Bonchev–Trinajstić information content (AvgIpc) is 2.83. The smallest absolute Gasteiger partial charge is 0.251 e. The van der Waals surface area contributed by atoms with Gasteiger partial charge in [0.05, 0.1) is 6.07 Å². The quantitative estimate of drug-likeness (QED) is 0.917. The molecule has 1 heterocycles. The molecule has 2 rings (SSSR count). The van der Waals surface area contributed by atoms with E-state index >= 15 is 0 Å². The van der Waals surface area contributed by atoms with Crippen LogP contribution in [-0.4, -0.2) is 16.0 Å². The molecule has 0 saturated heterocycles. The summed E-state index contributed by atoms with van der Waals surface area (Å²) in [6.45, 7) is -0.0678. The van der Waals surface area contributed by atoms with E-state index in [1.54, 1.807) is 12.3 Å². The minimum absolute atomic E-state index is 0.0678. The summed E-state index contributed by atoms with van der Waals surface area (Å²) in [7, 11) is 0. The molecule has 19 heavy (non-hydrogen) atoms. The van der Waals surface area contributed by atoms with E-state index in [1.807, 2.05) is 0 Å². The van der Waals surface area contributed by atoms with E-state index in [1.165, 1.54) is 10.6 Å². The summed E-state index contributed by atoms with van der Waals surface area (Å²) in [5.74, 6) is -0.302. The van der Waals surface area contributed by atoms with Crippen LogP contribution in [0.15, 0.2) is 27.6 Å². The molecule has 1 aliphatic rings. The maximum absolute atomic E-state index is 12.0. The molecule has 0 aromatic carbocycles. The molecule has 0 radical (unpaired) electrons. The lowest BCUT2D eigenvalue weighted by atomic mass is 10.00. The minimum atomic E-state index is -0.743. The maximum atomic E-state index is 12.0. The fourth-order valence-corrected chi connectivity index (χ4v) is 2.71. The largest absolute Gasteiger partial charge is 0.336 e. The van der Waals surface area contributed by atoms with Crippen LogP contribution in [0.1, 0.15) is 25.7 Å². The summed E-state index contributed by atoms with van der Waals surface area (Å²) in [5, 5.41) is 12.0. The number of carbonyl (C=O) groups excluding carboxylic acids is 1. The van der Waals surface area contributed by atoms with Crippen molar-refractivity contribution < 1.29 is 4.79 Å². The summed E-state index contributed by atoms with van der Waals surface area (Å²) in [6, 6.07) is 5.22. The molecule has 0 atom stereocenters. The Morgan fingerprint density at radius 3 is 2.79 bits per heavy atom.